The lowest BCUT2D eigenvalue weighted by Gasteiger charge is -2.33. The van der Waals surface area contributed by atoms with E-state index in [2.05, 4.69) is 4.98 Å². The fraction of sp³-hybridized carbons (Fsp3) is 0.419. The molecular weight excluding hydrogens is 821 g/mol. The zero-order chi connectivity index (χ0) is 42.3. The molecule has 2 saturated heterocycles. The Morgan fingerprint density at radius 2 is 1.66 bits per heavy atom. The lowest BCUT2D eigenvalue weighted by Crippen LogP contribution is -2.44. The first-order valence-corrected chi connectivity index (χ1v) is 22.1. The molecule has 3 aromatic carbocycles. The summed E-state index contributed by atoms with van der Waals surface area (Å²) in [5, 5.41) is 20.8. The largest absolute Gasteiger partial charge is 0.492 e. The maximum Gasteiger partial charge on any atom is 0.323 e. The van der Waals surface area contributed by atoms with Gasteiger partial charge in [0, 0.05) is 67.5 Å². The van der Waals surface area contributed by atoms with E-state index in [0.717, 1.165) is 41.4 Å². The summed E-state index contributed by atoms with van der Waals surface area (Å²) in [4.78, 5) is 32.2. The van der Waals surface area contributed by atoms with Crippen LogP contribution in [0.15, 0.2) is 71.9 Å². The van der Waals surface area contributed by atoms with Crippen molar-refractivity contribution in [1.29, 1.82) is 0 Å². The van der Waals surface area contributed by atoms with Crippen molar-refractivity contribution in [2.24, 2.45) is 0 Å². The highest BCUT2D eigenvalue weighted by atomic mass is 35.5. The number of β-amino-alcohol motifs (C(OH)–C–C–N with tert-alkyl or cyclic N) is 1. The van der Waals surface area contributed by atoms with Crippen molar-refractivity contribution in [3.63, 3.8) is 0 Å². The molecule has 0 radical (unpaired) electrons. The highest BCUT2D eigenvalue weighted by Gasteiger charge is 2.36. The van der Waals surface area contributed by atoms with Crippen LogP contribution in [-0.4, -0.2) is 103 Å². The molecule has 0 amide bonds. The van der Waals surface area contributed by atoms with Crippen LogP contribution >= 0.6 is 23.2 Å². The van der Waals surface area contributed by atoms with Gasteiger partial charge in [-0.25, -0.2) is 8.42 Å². The van der Waals surface area contributed by atoms with Crippen LogP contribution in [0, 0.1) is 6.92 Å². The Kier molecular flexibility index (Phi) is 14.8. The van der Waals surface area contributed by atoms with Crippen molar-refractivity contribution >= 4 is 45.0 Å². The molecule has 0 bridgehead atoms. The standard InChI is InChI=1S/C43H49Cl2N3O10S/c1-27-29(9-6-10-33(27)34-11-7-13-38(41(34)45)56-16-8-15-48-24-31(49)19-37(48)43(52)55-2)26-58-40-20-39(57-25-28-17-32(22-46-21-28)59(3,53)54)30(18-35(40)44)23-47-14-5-4-12-36(47)42(50)51/h6-7,9-11,13,17-18,20-22,31,36-37,49H,4-5,8,12,14-16,19,23-26H2,1-3H3,(H,50,51)/t31-,36?,37+/m1/s1. The van der Waals surface area contributed by atoms with E-state index in [1.54, 1.807) is 12.1 Å². The molecule has 59 heavy (non-hydrogen) atoms. The number of piperidine rings is 1. The number of pyridine rings is 1. The van der Waals surface area contributed by atoms with Crippen molar-refractivity contribution in [2.45, 2.75) is 81.9 Å². The number of aliphatic hydroxyl groups is 1. The van der Waals surface area contributed by atoms with Crippen molar-refractivity contribution in [3.8, 4) is 28.4 Å². The number of carboxylic acid groups (broad SMARTS) is 1. The minimum Gasteiger partial charge on any atom is -0.492 e. The SMILES string of the molecule is COC(=O)[C@@H]1C[C@@H](O)CN1CCCOc1cccc(-c2cccc(COc3cc(OCc4cncc(S(C)(=O)=O)c4)c(CN4CCCCC4C(=O)O)cc3Cl)c2C)c1Cl. The summed E-state index contributed by atoms with van der Waals surface area (Å²) in [5.74, 6) is 0.0483. The fourth-order valence-electron chi connectivity index (χ4n) is 7.60. The predicted molar refractivity (Wildman–Crippen MR) is 223 cm³/mol. The molecule has 1 unspecified atom stereocenters. The number of methoxy groups -OCH3 is 1. The van der Waals surface area contributed by atoms with Crippen molar-refractivity contribution in [3.05, 3.63) is 99.3 Å². The number of esters is 1. The molecule has 4 aromatic rings. The number of hydrogen-bond donors (Lipinski definition) is 2. The first-order valence-electron chi connectivity index (χ1n) is 19.4. The van der Waals surface area contributed by atoms with Gasteiger partial charge in [-0.1, -0.05) is 60.0 Å². The van der Waals surface area contributed by atoms with Crippen LogP contribution in [0.3, 0.4) is 0 Å². The number of halogens is 2. The summed E-state index contributed by atoms with van der Waals surface area (Å²) in [5.41, 5.74) is 4.68. The first-order chi connectivity index (χ1) is 28.2. The Bertz CT molecular complexity index is 2260. The average molecular weight is 871 g/mol. The van der Waals surface area contributed by atoms with E-state index in [1.165, 1.54) is 25.6 Å². The fourth-order valence-corrected chi connectivity index (χ4v) is 8.75. The molecule has 13 nitrogen and oxygen atoms in total. The number of aliphatic carboxylic acids is 1. The van der Waals surface area contributed by atoms with Gasteiger partial charge in [-0.05, 0) is 67.6 Å². The molecule has 316 valence electrons. The molecule has 2 aliphatic heterocycles. The van der Waals surface area contributed by atoms with Crippen molar-refractivity contribution in [1.82, 2.24) is 14.8 Å². The van der Waals surface area contributed by atoms with Crippen LogP contribution in [0.5, 0.6) is 17.2 Å². The van der Waals surface area contributed by atoms with Gasteiger partial charge in [-0.2, -0.15) is 0 Å². The van der Waals surface area contributed by atoms with Gasteiger partial charge in [0.25, 0.3) is 0 Å². The van der Waals surface area contributed by atoms with Crippen molar-refractivity contribution in [2.75, 3.05) is 39.6 Å². The Morgan fingerprint density at radius 1 is 0.898 bits per heavy atom. The van der Waals surface area contributed by atoms with Crippen LogP contribution in [0.4, 0.5) is 0 Å². The van der Waals surface area contributed by atoms with Gasteiger partial charge in [-0.3, -0.25) is 24.4 Å². The van der Waals surface area contributed by atoms with E-state index in [1.807, 2.05) is 53.1 Å². The second-order valence-electron chi connectivity index (χ2n) is 14.9. The van der Waals surface area contributed by atoms with Crippen LogP contribution in [-0.2, 0) is 43.9 Å². The number of carbonyl (C=O) groups excluding carboxylic acids is 1. The zero-order valence-corrected chi connectivity index (χ0v) is 35.6. The second kappa shape index (κ2) is 19.7. The monoisotopic (exact) mass is 869 g/mol. The summed E-state index contributed by atoms with van der Waals surface area (Å²) in [6, 6.07) is 15.3. The molecule has 2 fully saturated rings. The minimum atomic E-state index is -3.49. The Morgan fingerprint density at radius 3 is 2.42 bits per heavy atom. The average Bonchev–Trinajstić information content (AvgIpc) is 3.59. The van der Waals surface area contributed by atoms with Gasteiger partial charge in [-0.15, -0.1) is 0 Å². The summed E-state index contributed by atoms with van der Waals surface area (Å²) >= 11 is 13.8. The number of likely N-dealkylation sites (tertiary alicyclic amines) is 2. The number of aliphatic hydroxyl groups excluding tert-OH is 1. The first kappa shape index (κ1) is 44.1. The number of carboxylic acids is 1. The second-order valence-corrected chi connectivity index (χ2v) is 17.7. The third-order valence-corrected chi connectivity index (χ3v) is 12.5. The predicted octanol–water partition coefficient (Wildman–Crippen LogP) is 6.74. The number of nitrogens with zero attached hydrogens (tertiary/aromatic N) is 3. The number of sulfone groups is 1. The minimum absolute atomic E-state index is 0.00405. The number of rotatable bonds is 17. The molecule has 0 saturated carbocycles. The highest BCUT2D eigenvalue weighted by Crippen LogP contribution is 2.39. The molecule has 3 heterocycles. The zero-order valence-electron chi connectivity index (χ0n) is 33.2. The van der Waals surface area contributed by atoms with Crippen LogP contribution in [0.1, 0.15) is 54.4 Å². The summed E-state index contributed by atoms with van der Waals surface area (Å²) in [7, 11) is -2.14. The molecule has 6 rings (SSSR count). The number of aromatic nitrogens is 1. The maximum atomic E-state index is 12.2. The third-order valence-electron chi connectivity index (χ3n) is 10.8. The van der Waals surface area contributed by atoms with Crippen LogP contribution < -0.4 is 14.2 Å². The van der Waals surface area contributed by atoms with Crippen LogP contribution in [0.25, 0.3) is 11.1 Å². The molecule has 0 spiro atoms. The molecule has 2 N–H and O–H groups in total. The Balaban J connectivity index is 1.18. The van der Waals surface area contributed by atoms with E-state index < -0.39 is 34.0 Å². The van der Waals surface area contributed by atoms with E-state index >= 15 is 0 Å². The van der Waals surface area contributed by atoms with Gasteiger partial charge in [0.1, 0.15) is 42.5 Å². The smallest absolute Gasteiger partial charge is 0.323 e. The summed E-state index contributed by atoms with van der Waals surface area (Å²) < 4.78 is 48.0. The van der Waals surface area contributed by atoms with E-state index in [0.29, 0.717) is 83.9 Å². The molecular formula is C43H49Cl2N3O10S. The van der Waals surface area contributed by atoms with E-state index in [4.69, 9.17) is 42.1 Å². The Labute approximate surface area is 354 Å². The topological polar surface area (TPSA) is 165 Å². The molecule has 1 aromatic heterocycles. The van der Waals surface area contributed by atoms with Gasteiger partial charge in [0.2, 0.25) is 0 Å². The van der Waals surface area contributed by atoms with Gasteiger partial charge in [0.05, 0.1) is 34.8 Å². The summed E-state index contributed by atoms with van der Waals surface area (Å²) in [6.07, 6.45) is 6.54. The lowest BCUT2D eigenvalue weighted by molar-refractivity contribution is -0.146. The van der Waals surface area contributed by atoms with E-state index in [-0.39, 0.29) is 30.6 Å². The third kappa shape index (κ3) is 11.0. The molecule has 16 heteroatoms. The number of hydrogen-bond acceptors (Lipinski definition) is 12. The Hall–Kier alpha value is -4.44. The van der Waals surface area contributed by atoms with Gasteiger partial charge >= 0.3 is 11.9 Å². The normalized spacial score (nSPS) is 18.7. The molecule has 0 aliphatic carbocycles. The maximum absolute atomic E-state index is 12.2. The highest BCUT2D eigenvalue weighted by molar-refractivity contribution is 7.90. The van der Waals surface area contributed by atoms with Gasteiger partial charge in [0.15, 0.2) is 9.84 Å². The lowest BCUT2D eigenvalue weighted by atomic mass is 9.96. The molecule has 2 aliphatic rings. The van der Waals surface area contributed by atoms with Crippen molar-refractivity contribution < 1.29 is 47.2 Å². The van der Waals surface area contributed by atoms with Crippen LogP contribution in [0.2, 0.25) is 10.0 Å². The number of ether oxygens (including phenoxy) is 4. The quantitative estimate of drug-likeness (QED) is 0.0848. The van der Waals surface area contributed by atoms with Gasteiger partial charge < -0.3 is 29.2 Å². The number of carbonyl (C=O) groups is 2. The molecule has 3 atom stereocenters. The summed E-state index contributed by atoms with van der Waals surface area (Å²) in [6.45, 7) is 4.31. The number of benzene rings is 3. The van der Waals surface area contributed by atoms with E-state index in [9.17, 15) is 28.2 Å².